The molecule has 0 aliphatic carbocycles. The Morgan fingerprint density at radius 1 is 1.21 bits per heavy atom. The Hall–Kier alpha value is -2.08. The summed E-state index contributed by atoms with van der Waals surface area (Å²) in [6, 6.07) is 4.00. The van der Waals surface area contributed by atoms with Crippen LogP contribution >= 0.6 is 12.2 Å². The van der Waals surface area contributed by atoms with Gasteiger partial charge in [-0.2, -0.15) is 0 Å². The Bertz CT molecular complexity index is 558. The average Bonchev–Trinajstić information content (AvgIpc) is 2.46. The van der Waals surface area contributed by atoms with Crippen molar-refractivity contribution < 1.29 is 0 Å². The molecule has 2 aromatic rings. The lowest BCUT2D eigenvalue weighted by atomic mass is 10.2. The molecule has 2 rings (SSSR count). The van der Waals surface area contributed by atoms with Crippen molar-refractivity contribution in [1.82, 2.24) is 15.0 Å². The number of nitrogens with zero attached hydrogens (tertiary/aromatic N) is 4. The highest BCUT2D eigenvalue weighted by Gasteiger charge is 2.11. The summed E-state index contributed by atoms with van der Waals surface area (Å²) in [5.41, 5.74) is 7.44. The van der Waals surface area contributed by atoms with Crippen LogP contribution in [0.5, 0.6) is 0 Å². The molecule has 0 fully saturated rings. The van der Waals surface area contributed by atoms with E-state index < -0.39 is 0 Å². The van der Waals surface area contributed by atoms with Gasteiger partial charge in [0.1, 0.15) is 10.7 Å². The van der Waals surface area contributed by atoms with Gasteiger partial charge in [0.2, 0.25) is 0 Å². The number of rotatable bonds is 5. The smallest absolute Gasteiger partial charge is 0.157 e. The SMILES string of the molecule is CN(CCc1ccncc1)c1nccnc1C(N)=S. The predicted molar refractivity (Wildman–Crippen MR) is 79.1 cm³/mol. The van der Waals surface area contributed by atoms with Crippen LogP contribution in [0.2, 0.25) is 0 Å². The molecular weight excluding hydrogens is 258 g/mol. The van der Waals surface area contributed by atoms with Crippen LogP contribution in [0.1, 0.15) is 11.3 Å². The summed E-state index contributed by atoms with van der Waals surface area (Å²) >= 11 is 4.99. The maximum Gasteiger partial charge on any atom is 0.157 e. The van der Waals surface area contributed by atoms with E-state index in [1.54, 1.807) is 24.8 Å². The second kappa shape index (κ2) is 6.19. The molecule has 5 nitrogen and oxygen atoms in total. The zero-order valence-electron chi connectivity index (χ0n) is 10.7. The fourth-order valence-corrected chi connectivity index (χ4v) is 1.88. The molecule has 19 heavy (non-hydrogen) atoms. The van der Waals surface area contributed by atoms with E-state index in [0.717, 1.165) is 13.0 Å². The number of likely N-dealkylation sites (N-methyl/N-ethyl adjacent to an activating group) is 1. The van der Waals surface area contributed by atoms with E-state index in [1.165, 1.54) is 5.56 Å². The summed E-state index contributed by atoms with van der Waals surface area (Å²) in [7, 11) is 1.95. The number of pyridine rings is 1. The summed E-state index contributed by atoms with van der Waals surface area (Å²) in [5, 5.41) is 0. The second-order valence-corrected chi connectivity index (χ2v) is 4.56. The molecule has 0 bridgehead atoms. The van der Waals surface area contributed by atoms with Crippen molar-refractivity contribution in [2.45, 2.75) is 6.42 Å². The van der Waals surface area contributed by atoms with Crippen LogP contribution in [0.4, 0.5) is 5.82 Å². The Morgan fingerprint density at radius 3 is 2.58 bits per heavy atom. The maximum absolute atomic E-state index is 5.65. The van der Waals surface area contributed by atoms with Gasteiger partial charge in [0, 0.05) is 38.4 Å². The third kappa shape index (κ3) is 3.45. The molecule has 0 aromatic carbocycles. The fraction of sp³-hybridized carbons (Fsp3) is 0.231. The van der Waals surface area contributed by atoms with Gasteiger partial charge in [0.05, 0.1) is 0 Å². The first-order chi connectivity index (χ1) is 9.18. The van der Waals surface area contributed by atoms with Gasteiger partial charge >= 0.3 is 0 Å². The van der Waals surface area contributed by atoms with Crippen LogP contribution < -0.4 is 10.6 Å². The standard InChI is InChI=1S/C13H15N5S/c1-18(9-4-10-2-5-15-6-3-10)13-11(12(14)19)16-7-8-17-13/h2-3,5-8H,4,9H2,1H3,(H2,14,19). The quantitative estimate of drug-likeness (QED) is 0.825. The van der Waals surface area contributed by atoms with Crippen LogP contribution in [0.3, 0.4) is 0 Å². The van der Waals surface area contributed by atoms with Crippen molar-refractivity contribution in [1.29, 1.82) is 0 Å². The van der Waals surface area contributed by atoms with Gasteiger partial charge in [-0.25, -0.2) is 9.97 Å². The Morgan fingerprint density at radius 2 is 1.89 bits per heavy atom. The third-order valence-electron chi connectivity index (χ3n) is 2.76. The topological polar surface area (TPSA) is 67.9 Å². The highest BCUT2D eigenvalue weighted by molar-refractivity contribution is 7.80. The van der Waals surface area contributed by atoms with Crippen molar-refractivity contribution in [3.8, 4) is 0 Å². The van der Waals surface area contributed by atoms with Crippen molar-refractivity contribution in [2.75, 3.05) is 18.5 Å². The molecule has 2 heterocycles. The Balaban J connectivity index is 2.08. The average molecular weight is 273 g/mol. The van der Waals surface area contributed by atoms with Crippen LogP contribution in [-0.2, 0) is 6.42 Å². The minimum absolute atomic E-state index is 0.263. The van der Waals surface area contributed by atoms with E-state index >= 15 is 0 Å². The van der Waals surface area contributed by atoms with Gasteiger partial charge in [-0.3, -0.25) is 4.98 Å². The molecule has 0 aliphatic heterocycles. The van der Waals surface area contributed by atoms with Crippen molar-refractivity contribution >= 4 is 23.0 Å². The van der Waals surface area contributed by atoms with E-state index in [1.807, 2.05) is 24.1 Å². The van der Waals surface area contributed by atoms with Crippen LogP contribution in [-0.4, -0.2) is 33.5 Å². The molecular formula is C13H15N5S. The van der Waals surface area contributed by atoms with Gasteiger partial charge in [0.15, 0.2) is 5.82 Å². The first-order valence-corrected chi connectivity index (χ1v) is 6.30. The van der Waals surface area contributed by atoms with E-state index in [0.29, 0.717) is 11.5 Å². The van der Waals surface area contributed by atoms with Gasteiger partial charge in [-0.15, -0.1) is 0 Å². The monoisotopic (exact) mass is 273 g/mol. The first kappa shape index (κ1) is 13.4. The molecule has 0 radical (unpaired) electrons. The normalized spacial score (nSPS) is 10.2. The zero-order chi connectivity index (χ0) is 13.7. The van der Waals surface area contributed by atoms with Gasteiger partial charge in [0.25, 0.3) is 0 Å². The number of aromatic nitrogens is 3. The number of thiocarbonyl (C=S) groups is 1. The van der Waals surface area contributed by atoms with Crippen LogP contribution in [0.15, 0.2) is 36.9 Å². The zero-order valence-corrected chi connectivity index (χ0v) is 11.5. The molecule has 98 valence electrons. The predicted octanol–water partition coefficient (Wildman–Crippen LogP) is 1.18. The molecule has 6 heteroatoms. The highest BCUT2D eigenvalue weighted by Crippen LogP contribution is 2.13. The molecule has 0 atom stereocenters. The van der Waals surface area contributed by atoms with Gasteiger partial charge < -0.3 is 10.6 Å². The largest absolute Gasteiger partial charge is 0.388 e. The third-order valence-corrected chi connectivity index (χ3v) is 2.95. The maximum atomic E-state index is 5.65. The van der Waals surface area contributed by atoms with Crippen molar-refractivity contribution in [2.24, 2.45) is 5.73 Å². The molecule has 0 unspecified atom stereocenters. The molecule has 2 aromatic heterocycles. The molecule has 0 amide bonds. The Labute approximate surface area is 117 Å². The number of nitrogens with two attached hydrogens (primary N) is 1. The van der Waals surface area contributed by atoms with E-state index in [4.69, 9.17) is 18.0 Å². The molecule has 0 aliphatic rings. The van der Waals surface area contributed by atoms with Gasteiger partial charge in [-0.1, -0.05) is 12.2 Å². The van der Waals surface area contributed by atoms with E-state index in [9.17, 15) is 0 Å². The Kier molecular flexibility index (Phi) is 4.35. The second-order valence-electron chi connectivity index (χ2n) is 4.12. The van der Waals surface area contributed by atoms with Gasteiger partial charge in [-0.05, 0) is 24.1 Å². The minimum atomic E-state index is 0.263. The summed E-state index contributed by atoms with van der Waals surface area (Å²) < 4.78 is 0. The number of hydrogen-bond donors (Lipinski definition) is 1. The lowest BCUT2D eigenvalue weighted by molar-refractivity contribution is 0.851. The van der Waals surface area contributed by atoms with Crippen LogP contribution in [0, 0.1) is 0 Å². The lowest BCUT2D eigenvalue weighted by Crippen LogP contribution is -2.26. The summed E-state index contributed by atoms with van der Waals surface area (Å²) in [4.78, 5) is 14.7. The summed E-state index contributed by atoms with van der Waals surface area (Å²) in [5.74, 6) is 0.712. The van der Waals surface area contributed by atoms with E-state index in [2.05, 4.69) is 15.0 Å². The molecule has 0 saturated carbocycles. The summed E-state index contributed by atoms with van der Waals surface area (Å²) in [6.07, 6.45) is 7.71. The van der Waals surface area contributed by atoms with E-state index in [-0.39, 0.29) is 4.99 Å². The first-order valence-electron chi connectivity index (χ1n) is 5.89. The van der Waals surface area contributed by atoms with Crippen molar-refractivity contribution in [3.05, 3.63) is 48.2 Å². The number of hydrogen-bond acceptors (Lipinski definition) is 5. The number of anilines is 1. The lowest BCUT2D eigenvalue weighted by Gasteiger charge is -2.19. The highest BCUT2D eigenvalue weighted by atomic mass is 32.1. The summed E-state index contributed by atoms with van der Waals surface area (Å²) in [6.45, 7) is 0.804. The minimum Gasteiger partial charge on any atom is -0.388 e. The van der Waals surface area contributed by atoms with Crippen molar-refractivity contribution in [3.63, 3.8) is 0 Å². The van der Waals surface area contributed by atoms with Crippen LogP contribution in [0.25, 0.3) is 0 Å². The fourth-order valence-electron chi connectivity index (χ4n) is 1.74. The molecule has 0 spiro atoms. The molecule has 0 saturated heterocycles. The molecule has 2 N–H and O–H groups in total.